The molecule has 0 aromatic heterocycles. The summed E-state index contributed by atoms with van der Waals surface area (Å²) >= 11 is 0. The van der Waals surface area contributed by atoms with Crippen molar-refractivity contribution in [2.75, 3.05) is 13.6 Å². The predicted molar refractivity (Wildman–Crippen MR) is 112 cm³/mol. The zero-order chi connectivity index (χ0) is 17.4. The third-order valence-electron chi connectivity index (χ3n) is 3.75. The highest BCUT2D eigenvalue weighted by Gasteiger charge is 2.08. The maximum atomic E-state index is 10.8. The Labute approximate surface area is 164 Å². The Balaban J connectivity index is 0.00000312. The topological polar surface area (TPSA) is 79.6 Å². The maximum Gasteiger partial charge on any atom is 0.269 e. The molecule has 6 nitrogen and oxygen atoms in total. The SMILES string of the molecule is CN=C(NCc1cccc([N+](=O)[O-])c1)NCC(C)c1ccccc1.I. The van der Waals surface area contributed by atoms with Gasteiger partial charge in [0.05, 0.1) is 4.92 Å². The Kier molecular flexibility index (Phi) is 8.90. The molecule has 0 aliphatic carbocycles. The molecule has 25 heavy (non-hydrogen) atoms. The molecule has 0 spiro atoms. The number of hydrogen-bond donors (Lipinski definition) is 2. The Morgan fingerprint density at radius 2 is 1.88 bits per heavy atom. The average Bonchev–Trinajstić information content (AvgIpc) is 2.62. The van der Waals surface area contributed by atoms with Gasteiger partial charge in [-0.2, -0.15) is 0 Å². The fourth-order valence-electron chi connectivity index (χ4n) is 2.34. The first-order chi connectivity index (χ1) is 11.6. The van der Waals surface area contributed by atoms with Crippen molar-refractivity contribution in [1.82, 2.24) is 10.6 Å². The van der Waals surface area contributed by atoms with Gasteiger partial charge in [-0.1, -0.05) is 49.4 Å². The Morgan fingerprint density at radius 1 is 1.16 bits per heavy atom. The second-order valence-electron chi connectivity index (χ2n) is 5.55. The normalized spacial score (nSPS) is 12.0. The first-order valence-corrected chi connectivity index (χ1v) is 7.83. The number of nitro groups is 1. The molecule has 2 N–H and O–H groups in total. The summed E-state index contributed by atoms with van der Waals surface area (Å²) in [5.41, 5.74) is 2.19. The van der Waals surface area contributed by atoms with Gasteiger partial charge in [0.2, 0.25) is 0 Å². The lowest BCUT2D eigenvalue weighted by Crippen LogP contribution is -2.38. The van der Waals surface area contributed by atoms with E-state index in [-0.39, 0.29) is 29.7 Å². The summed E-state index contributed by atoms with van der Waals surface area (Å²) in [6, 6.07) is 16.8. The highest BCUT2D eigenvalue weighted by atomic mass is 127. The van der Waals surface area contributed by atoms with Gasteiger partial charge in [-0.05, 0) is 17.0 Å². The summed E-state index contributed by atoms with van der Waals surface area (Å²) < 4.78 is 0. The van der Waals surface area contributed by atoms with Crippen molar-refractivity contribution in [1.29, 1.82) is 0 Å². The molecule has 0 amide bonds. The molecule has 0 aliphatic heterocycles. The molecule has 1 unspecified atom stereocenters. The first kappa shape index (κ1) is 20.9. The number of non-ortho nitro benzene ring substituents is 1. The van der Waals surface area contributed by atoms with E-state index in [1.165, 1.54) is 11.6 Å². The van der Waals surface area contributed by atoms with Gasteiger partial charge in [0.25, 0.3) is 5.69 Å². The zero-order valence-corrected chi connectivity index (χ0v) is 16.6. The van der Waals surface area contributed by atoms with E-state index in [1.807, 2.05) is 24.3 Å². The van der Waals surface area contributed by atoms with Gasteiger partial charge in [0.15, 0.2) is 5.96 Å². The summed E-state index contributed by atoms with van der Waals surface area (Å²) in [5.74, 6) is 1.02. The van der Waals surface area contributed by atoms with E-state index >= 15 is 0 Å². The molecule has 1 atom stereocenters. The Hall–Kier alpha value is -2.16. The van der Waals surface area contributed by atoms with E-state index in [0.29, 0.717) is 18.4 Å². The Morgan fingerprint density at radius 3 is 2.52 bits per heavy atom. The summed E-state index contributed by atoms with van der Waals surface area (Å²) in [6.07, 6.45) is 0. The number of nitrogens with one attached hydrogen (secondary N) is 2. The monoisotopic (exact) mass is 454 g/mol. The van der Waals surface area contributed by atoms with Crippen LogP contribution in [0.25, 0.3) is 0 Å². The summed E-state index contributed by atoms with van der Waals surface area (Å²) in [7, 11) is 1.70. The molecule has 0 radical (unpaired) electrons. The van der Waals surface area contributed by atoms with Crippen LogP contribution < -0.4 is 10.6 Å². The van der Waals surface area contributed by atoms with Crippen molar-refractivity contribution in [3.05, 3.63) is 75.8 Å². The number of halogens is 1. The molecule has 0 aliphatic rings. The largest absolute Gasteiger partial charge is 0.356 e. The standard InChI is InChI=1S/C18H22N4O2.HI/c1-14(16-8-4-3-5-9-16)12-20-18(19-2)21-13-15-7-6-10-17(11-15)22(23)24;/h3-11,14H,12-13H2,1-2H3,(H2,19,20,21);1H. The molecule has 2 aromatic rings. The van der Waals surface area contributed by atoms with E-state index in [2.05, 4.69) is 34.7 Å². The van der Waals surface area contributed by atoms with Crippen LogP contribution in [0.1, 0.15) is 24.0 Å². The summed E-state index contributed by atoms with van der Waals surface area (Å²) in [6.45, 7) is 3.37. The molecule has 0 fully saturated rings. The molecule has 2 rings (SSSR count). The van der Waals surface area contributed by atoms with Gasteiger partial charge in [0, 0.05) is 32.3 Å². The fraction of sp³-hybridized carbons (Fsp3) is 0.278. The lowest BCUT2D eigenvalue weighted by Gasteiger charge is -2.16. The van der Waals surface area contributed by atoms with Gasteiger partial charge in [-0.25, -0.2) is 0 Å². The molecule has 0 saturated heterocycles. The van der Waals surface area contributed by atoms with Gasteiger partial charge in [-0.3, -0.25) is 15.1 Å². The fourth-order valence-corrected chi connectivity index (χ4v) is 2.34. The third kappa shape index (κ3) is 6.69. The highest BCUT2D eigenvalue weighted by molar-refractivity contribution is 14.0. The number of guanidine groups is 1. The highest BCUT2D eigenvalue weighted by Crippen LogP contribution is 2.14. The summed E-state index contributed by atoms with van der Waals surface area (Å²) in [5, 5.41) is 17.3. The molecule has 2 aromatic carbocycles. The molecular weight excluding hydrogens is 431 g/mol. The second kappa shape index (κ2) is 10.7. The third-order valence-corrected chi connectivity index (χ3v) is 3.75. The van der Waals surface area contributed by atoms with Crippen LogP contribution in [0.2, 0.25) is 0 Å². The zero-order valence-electron chi connectivity index (χ0n) is 14.3. The molecule has 0 saturated carbocycles. The lowest BCUT2D eigenvalue weighted by atomic mass is 10.0. The quantitative estimate of drug-likeness (QED) is 0.230. The molecular formula is C18H23IN4O2. The van der Waals surface area contributed by atoms with Gasteiger partial charge < -0.3 is 10.6 Å². The number of aliphatic imine (C=N–C) groups is 1. The predicted octanol–water partition coefficient (Wildman–Crippen LogP) is 3.68. The smallest absolute Gasteiger partial charge is 0.269 e. The second-order valence-corrected chi connectivity index (χ2v) is 5.55. The molecule has 7 heteroatoms. The van der Waals surface area contributed by atoms with E-state index in [4.69, 9.17) is 0 Å². The minimum Gasteiger partial charge on any atom is -0.356 e. The number of nitro benzene ring substituents is 1. The lowest BCUT2D eigenvalue weighted by molar-refractivity contribution is -0.384. The van der Waals surface area contributed by atoms with Gasteiger partial charge >= 0.3 is 0 Å². The number of rotatable bonds is 6. The molecule has 0 bridgehead atoms. The van der Waals surface area contributed by atoms with E-state index in [9.17, 15) is 10.1 Å². The summed E-state index contributed by atoms with van der Waals surface area (Å²) in [4.78, 5) is 14.6. The van der Waals surface area contributed by atoms with Crippen molar-refractivity contribution in [2.45, 2.75) is 19.4 Å². The van der Waals surface area contributed by atoms with Crippen LogP contribution in [0.15, 0.2) is 59.6 Å². The molecule has 134 valence electrons. The number of nitrogens with zero attached hydrogens (tertiary/aromatic N) is 2. The number of hydrogen-bond acceptors (Lipinski definition) is 3. The van der Waals surface area contributed by atoms with Crippen molar-refractivity contribution in [3.63, 3.8) is 0 Å². The minimum atomic E-state index is -0.391. The van der Waals surface area contributed by atoms with E-state index < -0.39 is 4.92 Å². The van der Waals surface area contributed by atoms with Crippen LogP contribution >= 0.6 is 24.0 Å². The van der Waals surface area contributed by atoms with Crippen LogP contribution in [0.3, 0.4) is 0 Å². The van der Waals surface area contributed by atoms with Crippen molar-refractivity contribution >= 4 is 35.6 Å². The van der Waals surface area contributed by atoms with E-state index in [1.54, 1.807) is 19.2 Å². The van der Waals surface area contributed by atoms with E-state index in [0.717, 1.165) is 12.1 Å². The average molecular weight is 454 g/mol. The van der Waals surface area contributed by atoms with Crippen molar-refractivity contribution in [3.8, 4) is 0 Å². The first-order valence-electron chi connectivity index (χ1n) is 7.83. The van der Waals surface area contributed by atoms with Gasteiger partial charge in [0.1, 0.15) is 0 Å². The Bertz CT molecular complexity index is 707. The van der Waals surface area contributed by atoms with Crippen LogP contribution in [0.4, 0.5) is 5.69 Å². The minimum absolute atomic E-state index is 0. The van der Waals surface area contributed by atoms with Crippen LogP contribution in [0.5, 0.6) is 0 Å². The number of benzene rings is 2. The molecule has 0 heterocycles. The van der Waals surface area contributed by atoms with Crippen LogP contribution in [-0.4, -0.2) is 24.5 Å². The van der Waals surface area contributed by atoms with Crippen LogP contribution in [0, 0.1) is 10.1 Å². The van der Waals surface area contributed by atoms with Crippen LogP contribution in [-0.2, 0) is 6.54 Å². The van der Waals surface area contributed by atoms with Crippen molar-refractivity contribution in [2.24, 2.45) is 4.99 Å². The van der Waals surface area contributed by atoms with Gasteiger partial charge in [-0.15, -0.1) is 24.0 Å². The maximum absolute atomic E-state index is 10.8. The van der Waals surface area contributed by atoms with Crippen molar-refractivity contribution < 1.29 is 4.92 Å².